The maximum absolute atomic E-state index is 12.2. The number of hydrogen-bond acceptors (Lipinski definition) is 7. The van der Waals surface area contributed by atoms with E-state index in [4.69, 9.17) is 21.1 Å². The molecule has 0 unspecified atom stereocenters. The molecule has 150 valence electrons. The number of benzene rings is 2. The maximum atomic E-state index is 12.2. The van der Waals surface area contributed by atoms with Crippen LogP contribution in [0.1, 0.15) is 6.92 Å². The number of nitrogens with one attached hydrogen (secondary N) is 1. The van der Waals surface area contributed by atoms with Gasteiger partial charge in [0.05, 0.1) is 46.5 Å². The lowest BCUT2D eigenvalue weighted by molar-refractivity contribution is 0.398. The van der Waals surface area contributed by atoms with Crippen LogP contribution in [0.5, 0.6) is 11.5 Å². The Labute approximate surface area is 174 Å². The third-order valence-corrected chi connectivity index (χ3v) is 6.12. The number of nitrogens with zero attached hydrogens (tertiary/aromatic N) is 2. The smallest absolute Gasteiger partial charge is 0.178 e. The van der Waals surface area contributed by atoms with Gasteiger partial charge in [0.2, 0.25) is 0 Å². The second-order valence-electron chi connectivity index (χ2n) is 5.62. The van der Waals surface area contributed by atoms with Gasteiger partial charge in [-0.05, 0) is 18.2 Å². The molecule has 0 atom stereocenters. The Bertz CT molecular complexity index is 1110. The van der Waals surface area contributed by atoms with Crippen molar-refractivity contribution >= 4 is 56.3 Å². The molecule has 0 spiro atoms. The minimum atomic E-state index is -3.37. The second-order valence-corrected chi connectivity index (χ2v) is 8.30. The number of aromatic nitrogens is 2. The number of methoxy groups -OCH3 is 2. The molecule has 0 saturated heterocycles. The normalized spacial score (nSPS) is 11.0. The van der Waals surface area contributed by atoms with Gasteiger partial charge < -0.3 is 14.8 Å². The topological polar surface area (TPSA) is 90.4 Å². The van der Waals surface area contributed by atoms with Crippen LogP contribution in [0.15, 0.2) is 41.6 Å². The number of anilines is 2. The molecular weight excluding hydrogens is 425 g/mol. The van der Waals surface area contributed by atoms with E-state index in [-0.39, 0.29) is 23.1 Å². The van der Waals surface area contributed by atoms with Gasteiger partial charge in [0.15, 0.2) is 9.84 Å². The fraction of sp³-hybridized carbons (Fsp3) is 0.222. The van der Waals surface area contributed by atoms with Crippen LogP contribution in [0.25, 0.3) is 10.9 Å². The molecule has 0 saturated carbocycles. The highest BCUT2D eigenvalue weighted by Crippen LogP contribution is 2.36. The quantitative estimate of drug-likeness (QED) is 0.608. The van der Waals surface area contributed by atoms with E-state index in [0.29, 0.717) is 38.9 Å². The molecule has 0 bridgehead atoms. The Morgan fingerprint density at radius 3 is 2.50 bits per heavy atom. The van der Waals surface area contributed by atoms with Crippen LogP contribution in [0.2, 0.25) is 5.02 Å². The summed E-state index contributed by atoms with van der Waals surface area (Å²) in [6, 6.07) is 7.98. The van der Waals surface area contributed by atoms with E-state index in [2.05, 4.69) is 15.3 Å². The molecule has 0 fully saturated rings. The van der Waals surface area contributed by atoms with Crippen LogP contribution in [0, 0.1) is 0 Å². The van der Waals surface area contributed by atoms with E-state index in [1.807, 2.05) is 0 Å². The Morgan fingerprint density at radius 1 is 1.11 bits per heavy atom. The zero-order valence-electron chi connectivity index (χ0n) is 15.4. The Balaban J connectivity index is 0.00000280. The van der Waals surface area contributed by atoms with E-state index in [1.165, 1.54) is 31.6 Å². The van der Waals surface area contributed by atoms with Crippen LogP contribution in [-0.4, -0.2) is 38.4 Å². The van der Waals surface area contributed by atoms with E-state index in [0.717, 1.165) is 0 Å². The first kappa shape index (κ1) is 22.0. The molecule has 0 amide bonds. The summed E-state index contributed by atoms with van der Waals surface area (Å²) in [7, 11) is -0.277. The van der Waals surface area contributed by atoms with E-state index in [1.54, 1.807) is 26.2 Å². The van der Waals surface area contributed by atoms with Gasteiger partial charge in [0.1, 0.15) is 23.6 Å². The highest BCUT2D eigenvalue weighted by atomic mass is 35.5. The van der Waals surface area contributed by atoms with Gasteiger partial charge in [0, 0.05) is 12.1 Å². The van der Waals surface area contributed by atoms with Crippen molar-refractivity contribution in [1.82, 2.24) is 9.97 Å². The SMILES string of the molecule is CCS(=O)(=O)c1ccc(Cl)c(Nc2ncnc3cc(OC)cc(OC)c23)c1.Cl. The predicted octanol–water partition coefficient (Wildman–Crippen LogP) is 4.26. The third kappa shape index (κ3) is 4.24. The van der Waals surface area contributed by atoms with Gasteiger partial charge in [-0.3, -0.25) is 0 Å². The molecule has 2 aromatic carbocycles. The average Bonchev–Trinajstić information content (AvgIpc) is 2.68. The number of ether oxygens (including phenoxy) is 2. The van der Waals surface area contributed by atoms with Crippen molar-refractivity contribution in [2.45, 2.75) is 11.8 Å². The first-order chi connectivity index (χ1) is 12.9. The van der Waals surface area contributed by atoms with Gasteiger partial charge in [-0.1, -0.05) is 18.5 Å². The van der Waals surface area contributed by atoms with Crippen molar-refractivity contribution in [2.75, 3.05) is 25.3 Å². The Hall–Kier alpha value is -2.29. The average molecular weight is 444 g/mol. The van der Waals surface area contributed by atoms with Crippen molar-refractivity contribution < 1.29 is 17.9 Å². The minimum absolute atomic E-state index is 0. The first-order valence-corrected chi connectivity index (χ1v) is 10.1. The van der Waals surface area contributed by atoms with Crippen molar-refractivity contribution in [3.8, 4) is 11.5 Å². The lowest BCUT2D eigenvalue weighted by Gasteiger charge is -2.14. The monoisotopic (exact) mass is 443 g/mol. The van der Waals surface area contributed by atoms with Crippen LogP contribution in [0.3, 0.4) is 0 Å². The molecular formula is C18H19Cl2N3O4S. The summed E-state index contributed by atoms with van der Waals surface area (Å²) in [5.41, 5.74) is 1.03. The zero-order valence-corrected chi connectivity index (χ0v) is 17.8. The summed E-state index contributed by atoms with van der Waals surface area (Å²) in [4.78, 5) is 8.71. The highest BCUT2D eigenvalue weighted by molar-refractivity contribution is 7.91. The summed E-state index contributed by atoms with van der Waals surface area (Å²) in [6.07, 6.45) is 1.39. The number of sulfone groups is 1. The van der Waals surface area contributed by atoms with E-state index in [9.17, 15) is 8.42 Å². The number of hydrogen-bond donors (Lipinski definition) is 1. The third-order valence-electron chi connectivity index (χ3n) is 4.06. The summed E-state index contributed by atoms with van der Waals surface area (Å²) in [5, 5.41) is 4.09. The van der Waals surface area contributed by atoms with Gasteiger partial charge in [-0.25, -0.2) is 18.4 Å². The summed E-state index contributed by atoms with van der Waals surface area (Å²) < 4.78 is 35.0. The number of halogens is 2. The molecule has 28 heavy (non-hydrogen) atoms. The van der Waals surface area contributed by atoms with Crippen LogP contribution < -0.4 is 14.8 Å². The van der Waals surface area contributed by atoms with Gasteiger partial charge >= 0.3 is 0 Å². The molecule has 1 N–H and O–H groups in total. The molecule has 0 aliphatic rings. The summed E-state index contributed by atoms with van der Waals surface area (Å²) >= 11 is 6.26. The molecule has 0 aliphatic heterocycles. The molecule has 1 aromatic heterocycles. The lowest BCUT2D eigenvalue weighted by atomic mass is 10.2. The molecule has 10 heteroatoms. The molecule has 7 nitrogen and oxygen atoms in total. The molecule has 1 heterocycles. The lowest BCUT2D eigenvalue weighted by Crippen LogP contribution is -2.05. The van der Waals surface area contributed by atoms with Crippen LogP contribution in [-0.2, 0) is 9.84 Å². The molecule has 0 aliphatic carbocycles. The Kier molecular flexibility index (Phi) is 6.92. The van der Waals surface area contributed by atoms with Crippen molar-refractivity contribution in [1.29, 1.82) is 0 Å². The fourth-order valence-electron chi connectivity index (χ4n) is 2.59. The van der Waals surface area contributed by atoms with Crippen LogP contribution >= 0.6 is 24.0 Å². The van der Waals surface area contributed by atoms with Crippen LogP contribution in [0.4, 0.5) is 11.5 Å². The summed E-state index contributed by atoms with van der Waals surface area (Å²) in [5.74, 6) is 1.55. The van der Waals surface area contributed by atoms with Crippen molar-refractivity contribution in [2.24, 2.45) is 0 Å². The van der Waals surface area contributed by atoms with Crippen molar-refractivity contribution in [3.05, 3.63) is 41.7 Å². The number of rotatable bonds is 6. The second kappa shape index (κ2) is 8.81. The van der Waals surface area contributed by atoms with E-state index >= 15 is 0 Å². The van der Waals surface area contributed by atoms with Gasteiger partial charge in [-0.15, -0.1) is 12.4 Å². The molecule has 3 rings (SSSR count). The largest absolute Gasteiger partial charge is 0.497 e. The molecule has 0 radical (unpaired) electrons. The minimum Gasteiger partial charge on any atom is -0.497 e. The van der Waals surface area contributed by atoms with Crippen molar-refractivity contribution in [3.63, 3.8) is 0 Å². The van der Waals surface area contributed by atoms with Gasteiger partial charge in [0.25, 0.3) is 0 Å². The standard InChI is InChI=1S/C18H18ClN3O4S.ClH/c1-4-27(23,24)12-5-6-13(19)14(9-12)22-18-17-15(20-10-21-18)7-11(25-2)8-16(17)26-3;/h5-10H,4H2,1-3H3,(H,20,21,22);1H. The van der Waals surface area contributed by atoms with E-state index < -0.39 is 9.84 Å². The zero-order chi connectivity index (χ0) is 19.6. The highest BCUT2D eigenvalue weighted by Gasteiger charge is 2.16. The Morgan fingerprint density at radius 2 is 1.86 bits per heavy atom. The summed E-state index contributed by atoms with van der Waals surface area (Å²) in [6.45, 7) is 1.59. The first-order valence-electron chi connectivity index (χ1n) is 8.05. The maximum Gasteiger partial charge on any atom is 0.178 e. The predicted molar refractivity (Wildman–Crippen MR) is 112 cm³/mol. The number of fused-ring (bicyclic) bond motifs is 1. The fourth-order valence-corrected chi connectivity index (χ4v) is 3.66. The van der Waals surface area contributed by atoms with Gasteiger partial charge in [-0.2, -0.15) is 0 Å². The molecule has 3 aromatic rings.